The second kappa shape index (κ2) is 7.70. The lowest BCUT2D eigenvalue weighted by molar-refractivity contribution is -0.135. The number of rotatable bonds is 5. The fourth-order valence-corrected chi connectivity index (χ4v) is 2.93. The Morgan fingerprint density at radius 2 is 2.08 bits per heavy atom. The number of methoxy groups -OCH3 is 1. The maximum atomic E-state index is 12.2. The van der Waals surface area contributed by atoms with E-state index in [-0.39, 0.29) is 24.0 Å². The Kier molecular flexibility index (Phi) is 5.18. The lowest BCUT2D eigenvalue weighted by Crippen LogP contribution is -2.30. The van der Waals surface area contributed by atoms with Gasteiger partial charge in [-0.15, -0.1) is 0 Å². The molecule has 0 radical (unpaired) electrons. The number of ether oxygens (including phenoxy) is 2. The molecular weight excluding hydrogens is 332 g/mol. The molecule has 1 aliphatic heterocycles. The van der Waals surface area contributed by atoms with Gasteiger partial charge in [0.2, 0.25) is 5.91 Å². The van der Waals surface area contributed by atoms with Gasteiger partial charge in [0.15, 0.2) is 11.5 Å². The highest BCUT2D eigenvalue weighted by atomic mass is 16.6. The number of hydrogen-bond acceptors (Lipinski definition) is 5. The molecule has 0 fully saturated rings. The Bertz CT molecular complexity index is 886. The van der Waals surface area contributed by atoms with Gasteiger partial charge in [-0.05, 0) is 36.6 Å². The third-order valence-corrected chi connectivity index (χ3v) is 4.33. The van der Waals surface area contributed by atoms with Gasteiger partial charge < -0.3 is 14.8 Å². The van der Waals surface area contributed by atoms with Gasteiger partial charge in [-0.25, -0.2) is 0 Å². The van der Waals surface area contributed by atoms with Gasteiger partial charge in [-0.1, -0.05) is 18.2 Å². The monoisotopic (exact) mass is 350 g/mol. The number of nitriles is 1. The number of esters is 1. The zero-order chi connectivity index (χ0) is 18.5. The standard InChI is InChI=1S/C20H18N2O4/c1-25-18-10-13(12-21)6-8-17(18)26-19(23)9-7-15-11-14-4-2-3-5-16(14)22-20(15)24/h2-6,8,10,15H,7,9,11H2,1H3,(H,22,24). The Hall–Kier alpha value is -3.33. The summed E-state index contributed by atoms with van der Waals surface area (Å²) in [4.78, 5) is 24.3. The summed E-state index contributed by atoms with van der Waals surface area (Å²) >= 11 is 0. The average Bonchev–Trinajstić information content (AvgIpc) is 2.66. The van der Waals surface area contributed by atoms with Gasteiger partial charge in [-0.3, -0.25) is 9.59 Å². The van der Waals surface area contributed by atoms with Gasteiger partial charge in [0.25, 0.3) is 0 Å². The number of para-hydroxylation sites is 1. The lowest BCUT2D eigenvalue weighted by atomic mass is 9.90. The van der Waals surface area contributed by atoms with E-state index in [9.17, 15) is 9.59 Å². The molecule has 1 amide bonds. The lowest BCUT2D eigenvalue weighted by Gasteiger charge is -2.24. The first-order valence-electron chi connectivity index (χ1n) is 8.28. The van der Waals surface area contributed by atoms with E-state index in [4.69, 9.17) is 14.7 Å². The molecule has 2 aromatic rings. The summed E-state index contributed by atoms with van der Waals surface area (Å²) in [6.07, 6.45) is 1.12. The molecule has 0 aromatic heterocycles. The Morgan fingerprint density at radius 1 is 1.27 bits per heavy atom. The average molecular weight is 350 g/mol. The largest absolute Gasteiger partial charge is 0.493 e. The zero-order valence-electron chi connectivity index (χ0n) is 14.3. The number of anilines is 1. The molecule has 1 heterocycles. The maximum absolute atomic E-state index is 12.2. The van der Waals surface area contributed by atoms with Gasteiger partial charge in [0.1, 0.15) is 0 Å². The maximum Gasteiger partial charge on any atom is 0.311 e. The molecule has 0 aliphatic carbocycles. The molecule has 26 heavy (non-hydrogen) atoms. The van der Waals surface area contributed by atoms with Crippen LogP contribution in [-0.4, -0.2) is 19.0 Å². The highest BCUT2D eigenvalue weighted by molar-refractivity contribution is 5.95. The summed E-state index contributed by atoms with van der Waals surface area (Å²) in [5.41, 5.74) is 2.32. The van der Waals surface area contributed by atoms with Crippen LogP contribution < -0.4 is 14.8 Å². The van der Waals surface area contributed by atoms with Crippen molar-refractivity contribution in [1.82, 2.24) is 0 Å². The second-order valence-electron chi connectivity index (χ2n) is 6.04. The van der Waals surface area contributed by atoms with E-state index < -0.39 is 5.97 Å². The highest BCUT2D eigenvalue weighted by Crippen LogP contribution is 2.30. The SMILES string of the molecule is COc1cc(C#N)ccc1OC(=O)CCC1Cc2ccccc2NC1=O. The summed E-state index contributed by atoms with van der Waals surface area (Å²) in [6, 6.07) is 14.2. The van der Waals surface area contributed by atoms with Crippen molar-refractivity contribution in [3.05, 3.63) is 53.6 Å². The van der Waals surface area contributed by atoms with Crippen LogP contribution in [0, 0.1) is 17.2 Å². The zero-order valence-corrected chi connectivity index (χ0v) is 14.3. The number of nitrogens with zero attached hydrogens (tertiary/aromatic N) is 1. The number of carbonyl (C=O) groups is 2. The Labute approximate surface area is 151 Å². The van der Waals surface area contributed by atoms with E-state index in [1.54, 1.807) is 6.07 Å². The summed E-state index contributed by atoms with van der Waals surface area (Å²) in [5.74, 6) is -0.205. The van der Waals surface area contributed by atoms with Crippen LogP contribution in [0.4, 0.5) is 5.69 Å². The minimum atomic E-state index is -0.445. The molecule has 6 nitrogen and oxygen atoms in total. The first-order valence-corrected chi connectivity index (χ1v) is 8.28. The number of benzene rings is 2. The van der Waals surface area contributed by atoms with Crippen LogP contribution in [0.3, 0.4) is 0 Å². The van der Waals surface area contributed by atoms with E-state index in [0.29, 0.717) is 24.2 Å². The van der Waals surface area contributed by atoms with Gasteiger partial charge in [0.05, 0.1) is 18.7 Å². The molecule has 132 valence electrons. The fourth-order valence-electron chi connectivity index (χ4n) is 2.93. The van der Waals surface area contributed by atoms with Crippen molar-refractivity contribution in [3.63, 3.8) is 0 Å². The summed E-state index contributed by atoms with van der Waals surface area (Å²) in [5, 5.41) is 11.8. The van der Waals surface area contributed by atoms with Crippen LogP contribution in [0.5, 0.6) is 11.5 Å². The highest BCUT2D eigenvalue weighted by Gasteiger charge is 2.26. The number of amides is 1. The predicted octanol–water partition coefficient (Wildman–Crippen LogP) is 3.06. The van der Waals surface area contributed by atoms with Crippen LogP contribution in [0.15, 0.2) is 42.5 Å². The topological polar surface area (TPSA) is 88.4 Å². The molecule has 1 N–H and O–H groups in total. The van der Waals surface area contributed by atoms with Crippen molar-refractivity contribution in [3.8, 4) is 17.6 Å². The molecule has 0 spiro atoms. The summed E-state index contributed by atoms with van der Waals surface area (Å²) < 4.78 is 10.5. The van der Waals surface area contributed by atoms with Crippen LogP contribution in [0.2, 0.25) is 0 Å². The molecule has 3 rings (SSSR count). The Balaban J connectivity index is 1.60. The van der Waals surface area contributed by atoms with Crippen molar-refractivity contribution in [1.29, 1.82) is 5.26 Å². The van der Waals surface area contributed by atoms with E-state index in [1.807, 2.05) is 30.3 Å². The smallest absolute Gasteiger partial charge is 0.311 e. The van der Waals surface area contributed by atoms with Crippen molar-refractivity contribution >= 4 is 17.6 Å². The van der Waals surface area contributed by atoms with Crippen LogP contribution in [0.1, 0.15) is 24.0 Å². The van der Waals surface area contributed by atoms with E-state index >= 15 is 0 Å². The van der Waals surface area contributed by atoms with Crippen molar-refractivity contribution in [2.75, 3.05) is 12.4 Å². The second-order valence-corrected chi connectivity index (χ2v) is 6.04. The van der Waals surface area contributed by atoms with Crippen LogP contribution in [0.25, 0.3) is 0 Å². The summed E-state index contributed by atoms with van der Waals surface area (Å²) in [7, 11) is 1.44. The van der Waals surface area contributed by atoms with Crippen molar-refractivity contribution in [2.24, 2.45) is 5.92 Å². The molecule has 0 saturated carbocycles. The van der Waals surface area contributed by atoms with Crippen LogP contribution >= 0.6 is 0 Å². The van der Waals surface area contributed by atoms with Gasteiger partial charge >= 0.3 is 5.97 Å². The third kappa shape index (κ3) is 3.83. The molecular formula is C20H18N2O4. The fraction of sp³-hybridized carbons (Fsp3) is 0.250. The first-order chi connectivity index (χ1) is 12.6. The van der Waals surface area contributed by atoms with E-state index in [0.717, 1.165) is 11.3 Å². The molecule has 1 atom stereocenters. The van der Waals surface area contributed by atoms with E-state index in [1.165, 1.54) is 19.2 Å². The molecule has 6 heteroatoms. The van der Waals surface area contributed by atoms with Crippen molar-refractivity contribution < 1.29 is 19.1 Å². The van der Waals surface area contributed by atoms with Crippen molar-refractivity contribution in [2.45, 2.75) is 19.3 Å². The minimum Gasteiger partial charge on any atom is -0.493 e. The quantitative estimate of drug-likeness (QED) is 0.661. The molecule has 1 aliphatic rings. The predicted molar refractivity (Wildman–Crippen MR) is 94.8 cm³/mol. The number of hydrogen-bond donors (Lipinski definition) is 1. The Morgan fingerprint density at radius 3 is 2.85 bits per heavy atom. The summed E-state index contributed by atoms with van der Waals surface area (Å²) in [6.45, 7) is 0. The molecule has 0 saturated heterocycles. The normalized spacial score (nSPS) is 15.4. The van der Waals surface area contributed by atoms with E-state index in [2.05, 4.69) is 5.32 Å². The minimum absolute atomic E-state index is 0.0764. The number of carbonyl (C=O) groups excluding carboxylic acids is 2. The van der Waals surface area contributed by atoms with Crippen LogP contribution in [-0.2, 0) is 16.0 Å². The molecule has 0 bridgehead atoms. The molecule has 2 aromatic carbocycles. The number of fused-ring (bicyclic) bond motifs is 1. The van der Waals surface area contributed by atoms with Gasteiger partial charge in [-0.2, -0.15) is 5.26 Å². The molecule has 1 unspecified atom stereocenters. The third-order valence-electron chi connectivity index (χ3n) is 4.33. The van der Waals surface area contributed by atoms with Gasteiger partial charge in [0, 0.05) is 24.1 Å². The first kappa shape index (κ1) is 17.5. The number of nitrogens with one attached hydrogen (secondary N) is 1.